The molecule has 0 aliphatic rings. The molecular formula is C7H7ClOSn. The van der Waals surface area contributed by atoms with Gasteiger partial charge in [0.1, 0.15) is 0 Å². The molecule has 0 aromatic heterocycles. The molecule has 10 heavy (non-hydrogen) atoms. The van der Waals surface area contributed by atoms with Crippen molar-refractivity contribution in [2.24, 2.45) is 0 Å². The minimum atomic E-state index is 0.395. The normalized spacial score (nSPS) is 9.90. The average Bonchev–Trinajstić information content (AvgIpc) is 1.82. The molecule has 3 heteroatoms. The first-order chi connectivity index (χ1) is 4.61. The van der Waals surface area contributed by atoms with Crippen LogP contribution in [0.4, 0.5) is 0 Å². The van der Waals surface area contributed by atoms with Gasteiger partial charge < -0.3 is 0 Å². The number of hydrogen-bond donors (Lipinski definition) is 1. The summed E-state index contributed by atoms with van der Waals surface area (Å²) >= 11 is 6.63. The Kier molecular flexibility index (Phi) is 2.47. The van der Waals surface area contributed by atoms with Crippen LogP contribution in [0.5, 0.6) is 5.75 Å². The molecule has 1 aromatic carbocycles. The van der Waals surface area contributed by atoms with Crippen molar-refractivity contribution >= 4 is 37.7 Å². The van der Waals surface area contributed by atoms with Crippen LogP contribution < -0.4 is 3.58 Å². The molecule has 0 atom stereocenters. The number of hydrogen-bond acceptors (Lipinski definition) is 1. The van der Waals surface area contributed by atoms with Gasteiger partial charge in [0.25, 0.3) is 0 Å². The first-order valence-electron chi connectivity index (χ1n) is 2.86. The summed E-state index contributed by atoms with van der Waals surface area (Å²) < 4.78 is 0.954. The van der Waals surface area contributed by atoms with E-state index in [9.17, 15) is 5.11 Å². The summed E-state index contributed by atoms with van der Waals surface area (Å²) in [4.78, 5) is 0. The molecule has 0 aliphatic heterocycles. The molecule has 0 heterocycles. The molecule has 1 N–H and O–H groups in total. The van der Waals surface area contributed by atoms with E-state index in [1.807, 2.05) is 6.92 Å². The van der Waals surface area contributed by atoms with Crippen LogP contribution in [-0.4, -0.2) is 27.6 Å². The Morgan fingerprint density at radius 2 is 2.10 bits per heavy atom. The summed E-state index contributed by atoms with van der Waals surface area (Å²) in [6.45, 7) is 1.85. The number of aryl methyl sites for hydroxylation is 1. The Labute approximate surface area is 78.1 Å². The van der Waals surface area contributed by atoms with Crippen molar-refractivity contribution in [1.82, 2.24) is 0 Å². The van der Waals surface area contributed by atoms with E-state index in [1.54, 1.807) is 12.1 Å². The molecule has 1 aromatic rings. The van der Waals surface area contributed by atoms with Crippen molar-refractivity contribution in [1.29, 1.82) is 0 Å². The molecule has 1 nitrogen and oxygen atoms in total. The Morgan fingerprint density at radius 1 is 1.50 bits per heavy atom. The van der Waals surface area contributed by atoms with Crippen LogP contribution in [0.1, 0.15) is 5.56 Å². The summed E-state index contributed by atoms with van der Waals surface area (Å²) in [5.41, 5.74) is 0.857. The Balaban J connectivity index is 3.31. The van der Waals surface area contributed by atoms with Gasteiger partial charge in [-0.2, -0.15) is 0 Å². The number of phenolic OH excluding ortho intramolecular Hbond substituents is 1. The predicted molar refractivity (Wildman–Crippen MR) is 44.6 cm³/mol. The third-order valence-electron chi connectivity index (χ3n) is 1.29. The zero-order valence-corrected chi connectivity index (χ0v) is 9.61. The molecular weight excluding hydrogens is 254 g/mol. The summed E-state index contributed by atoms with van der Waals surface area (Å²) in [7, 11) is 0. The van der Waals surface area contributed by atoms with E-state index in [1.165, 1.54) is 0 Å². The van der Waals surface area contributed by atoms with Gasteiger partial charge in [0, 0.05) is 0 Å². The van der Waals surface area contributed by atoms with E-state index < -0.39 is 0 Å². The first kappa shape index (κ1) is 8.21. The predicted octanol–water partition coefficient (Wildman–Crippen LogP) is 0.880. The van der Waals surface area contributed by atoms with E-state index in [4.69, 9.17) is 11.6 Å². The third-order valence-corrected chi connectivity index (χ3v) is 2.77. The van der Waals surface area contributed by atoms with Gasteiger partial charge in [-0.15, -0.1) is 0 Å². The number of rotatable bonds is 0. The van der Waals surface area contributed by atoms with Crippen molar-refractivity contribution in [3.05, 3.63) is 22.7 Å². The molecule has 0 spiro atoms. The maximum atomic E-state index is 9.30. The van der Waals surface area contributed by atoms with Crippen LogP contribution in [-0.2, 0) is 0 Å². The van der Waals surface area contributed by atoms with Gasteiger partial charge in [0.05, 0.1) is 0 Å². The summed E-state index contributed by atoms with van der Waals surface area (Å²) in [5.74, 6) is 0.395. The second kappa shape index (κ2) is 3.01. The average molecular weight is 261 g/mol. The Morgan fingerprint density at radius 3 is 2.60 bits per heavy atom. The van der Waals surface area contributed by atoms with Gasteiger partial charge in [-0.05, 0) is 0 Å². The monoisotopic (exact) mass is 262 g/mol. The molecule has 0 aliphatic carbocycles. The van der Waals surface area contributed by atoms with Crippen molar-refractivity contribution in [2.75, 3.05) is 0 Å². The van der Waals surface area contributed by atoms with Crippen LogP contribution in [0.25, 0.3) is 0 Å². The van der Waals surface area contributed by atoms with Gasteiger partial charge in [0.2, 0.25) is 0 Å². The molecule has 52 valence electrons. The molecule has 0 fully saturated rings. The van der Waals surface area contributed by atoms with Gasteiger partial charge in [0.15, 0.2) is 0 Å². The molecule has 1 rings (SSSR count). The maximum absolute atomic E-state index is 9.30. The number of benzene rings is 1. The second-order valence-electron chi connectivity index (χ2n) is 2.16. The molecule has 0 saturated carbocycles. The minimum absolute atomic E-state index is 0.395. The number of aromatic hydroxyl groups is 1. The molecule has 2 radical (unpaired) electrons. The van der Waals surface area contributed by atoms with Crippen LogP contribution in [0, 0.1) is 6.92 Å². The Bertz CT molecular complexity index is 237. The first-order valence-corrected chi connectivity index (χ1v) is 4.88. The van der Waals surface area contributed by atoms with E-state index in [-0.39, 0.29) is 0 Å². The number of halogens is 1. The van der Waals surface area contributed by atoms with Crippen LogP contribution in [0.2, 0.25) is 5.02 Å². The van der Waals surface area contributed by atoms with Crippen LogP contribution in [0.3, 0.4) is 0 Å². The van der Waals surface area contributed by atoms with Crippen molar-refractivity contribution in [3.63, 3.8) is 0 Å². The summed E-state index contributed by atoms with van der Waals surface area (Å²) in [6.07, 6.45) is 0. The van der Waals surface area contributed by atoms with Crippen LogP contribution >= 0.6 is 11.6 Å². The van der Waals surface area contributed by atoms with Crippen LogP contribution in [0.15, 0.2) is 12.1 Å². The van der Waals surface area contributed by atoms with E-state index in [2.05, 4.69) is 0 Å². The fourth-order valence-corrected chi connectivity index (χ4v) is 2.51. The zero-order chi connectivity index (χ0) is 7.72. The molecule has 0 saturated heterocycles. The molecule has 0 unspecified atom stereocenters. The fraction of sp³-hybridized carbons (Fsp3) is 0.143. The molecule has 0 bridgehead atoms. The standard InChI is InChI=1S/C7H6ClO.Sn.H/c1-5-4-6(8)2-3-7(5)9;;/h2,4,9H,1H3;;. The van der Waals surface area contributed by atoms with Gasteiger partial charge >= 0.3 is 78.2 Å². The zero-order valence-electron chi connectivity index (χ0n) is 5.56. The summed E-state index contributed by atoms with van der Waals surface area (Å²) in [5, 5.41) is 10.0. The topological polar surface area (TPSA) is 20.2 Å². The third kappa shape index (κ3) is 1.58. The quantitative estimate of drug-likeness (QED) is 0.687. The van der Waals surface area contributed by atoms with Gasteiger partial charge in [-0.25, -0.2) is 0 Å². The SMILES string of the molecule is Cc1cc(Cl)c[c]([SnH])c1O. The van der Waals surface area contributed by atoms with Crippen molar-refractivity contribution < 1.29 is 5.11 Å². The summed E-state index contributed by atoms with van der Waals surface area (Å²) in [6, 6.07) is 3.56. The second-order valence-corrected chi connectivity index (χ2v) is 4.37. The van der Waals surface area contributed by atoms with Crippen molar-refractivity contribution in [3.8, 4) is 5.75 Å². The van der Waals surface area contributed by atoms with E-state index >= 15 is 0 Å². The fourth-order valence-electron chi connectivity index (χ4n) is 0.761. The van der Waals surface area contributed by atoms with Crippen molar-refractivity contribution in [2.45, 2.75) is 6.92 Å². The molecule has 0 amide bonds. The van der Waals surface area contributed by atoms with Gasteiger partial charge in [-0.1, -0.05) is 0 Å². The Hall–Kier alpha value is 0.109. The van der Waals surface area contributed by atoms with E-state index in [0.29, 0.717) is 10.8 Å². The van der Waals surface area contributed by atoms with E-state index in [0.717, 1.165) is 31.7 Å². The van der Waals surface area contributed by atoms with Gasteiger partial charge in [-0.3, -0.25) is 0 Å². The number of phenols is 1.